The van der Waals surface area contributed by atoms with Crippen molar-refractivity contribution in [3.8, 4) is 5.88 Å². The maximum Gasteiger partial charge on any atom is 0.247 e. The van der Waals surface area contributed by atoms with Gasteiger partial charge in [-0.2, -0.15) is 16.9 Å². The molecule has 0 bridgehead atoms. The number of nitrogens with zero attached hydrogens (tertiary/aromatic N) is 2. The summed E-state index contributed by atoms with van der Waals surface area (Å²) in [4.78, 5) is 0. The molecular weight excluding hydrogens is 276 g/mol. The Balaban J connectivity index is 2.17. The lowest BCUT2D eigenvalue weighted by molar-refractivity contribution is 0.387. The van der Waals surface area contributed by atoms with Crippen molar-refractivity contribution in [2.45, 2.75) is 18.8 Å². The van der Waals surface area contributed by atoms with Gasteiger partial charge < -0.3 is 4.74 Å². The van der Waals surface area contributed by atoms with E-state index in [1.165, 1.54) is 24.3 Å². The molecule has 0 radical (unpaired) electrons. The molecule has 82 valence electrons. The summed E-state index contributed by atoms with van der Waals surface area (Å²) in [5.41, 5.74) is 1.09. The summed E-state index contributed by atoms with van der Waals surface area (Å²) in [5, 5.41) is 8.27. The smallest absolute Gasteiger partial charge is 0.247 e. The van der Waals surface area contributed by atoms with Crippen LogP contribution in [0.25, 0.3) is 0 Å². The number of hydrogen-bond donors (Lipinski definition) is 0. The minimum atomic E-state index is 0.559. The third kappa shape index (κ3) is 2.64. The van der Waals surface area contributed by atoms with Crippen LogP contribution in [0.3, 0.4) is 0 Å². The van der Waals surface area contributed by atoms with E-state index in [4.69, 9.17) is 4.74 Å². The van der Waals surface area contributed by atoms with Crippen LogP contribution >= 0.6 is 27.7 Å². The minimum absolute atomic E-state index is 0.559. The molecule has 0 aromatic carbocycles. The standard InChI is InChI=1S/C10H13BrN2OS/c1-14-10-8(11)6-9(12-13-10)7-2-4-15-5-3-7/h6-7H,2-5H2,1H3. The molecule has 1 aliphatic rings. The maximum absolute atomic E-state index is 5.06. The van der Waals surface area contributed by atoms with Gasteiger partial charge in [-0.15, -0.1) is 5.10 Å². The molecule has 1 aromatic heterocycles. The van der Waals surface area contributed by atoms with Gasteiger partial charge in [0, 0.05) is 5.92 Å². The van der Waals surface area contributed by atoms with Crippen molar-refractivity contribution >= 4 is 27.7 Å². The lowest BCUT2D eigenvalue weighted by Gasteiger charge is -2.20. The van der Waals surface area contributed by atoms with Gasteiger partial charge in [0.15, 0.2) is 0 Å². The molecular formula is C10H13BrN2OS. The molecule has 1 aromatic rings. The Morgan fingerprint density at radius 2 is 2.13 bits per heavy atom. The summed E-state index contributed by atoms with van der Waals surface area (Å²) in [5.74, 6) is 3.59. The van der Waals surface area contributed by atoms with Crippen LogP contribution in [-0.4, -0.2) is 28.8 Å². The zero-order valence-electron chi connectivity index (χ0n) is 8.57. The van der Waals surface area contributed by atoms with Gasteiger partial charge in [-0.3, -0.25) is 0 Å². The Kier molecular flexibility index (Phi) is 3.86. The largest absolute Gasteiger partial charge is 0.479 e. The van der Waals surface area contributed by atoms with Crippen LogP contribution in [0, 0.1) is 0 Å². The lowest BCUT2D eigenvalue weighted by atomic mass is 9.99. The summed E-state index contributed by atoms with van der Waals surface area (Å²) in [6, 6.07) is 2.03. The molecule has 5 heteroatoms. The molecule has 0 amide bonds. The van der Waals surface area contributed by atoms with E-state index in [-0.39, 0.29) is 0 Å². The van der Waals surface area contributed by atoms with Crippen molar-refractivity contribution < 1.29 is 4.74 Å². The van der Waals surface area contributed by atoms with Gasteiger partial charge in [-0.1, -0.05) is 0 Å². The molecule has 0 atom stereocenters. The lowest BCUT2D eigenvalue weighted by Crippen LogP contribution is -2.10. The van der Waals surface area contributed by atoms with Crippen molar-refractivity contribution in [3.05, 3.63) is 16.2 Å². The van der Waals surface area contributed by atoms with E-state index < -0.39 is 0 Å². The summed E-state index contributed by atoms with van der Waals surface area (Å²) in [6.07, 6.45) is 2.41. The van der Waals surface area contributed by atoms with Crippen molar-refractivity contribution in [1.29, 1.82) is 0 Å². The second-order valence-electron chi connectivity index (χ2n) is 3.51. The van der Waals surface area contributed by atoms with Gasteiger partial charge in [-0.05, 0) is 46.3 Å². The normalized spacial score (nSPS) is 17.7. The quantitative estimate of drug-likeness (QED) is 0.838. The molecule has 1 saturated heterocycles. The average Bonchev–Trinajstić information content (AvgIpc) is 2.30. The second-order valence-corrected chi connectivity index (χ2v) is 5.59. The highest BCUT2D eigenvalue weighted by Gasteiger charge is 2.18. The van der Waals surface area contributed by atoms with Crippen LogP contribution in [-0.2, 0) is 0 Å². The summed E-state index contributed by atoms with van der Waals surface area (Å²) < 4.78 is 5.96. The number of aromatic nitrogens is 2. The zero-order valence-corrected chi connectivity index (χ0v) is 11.0. The predicted molar refractivity (Wildman–Crippen MR) is 65.6 cm³/mol. The van der Waals surface area contributed by atoms with Crippen molar-refractivity contribution in [1.82, 2.24) is 10.2 Å². The summed E-state index contributed by atoms with van der Waals surface area (Å²) in [6.45, 7) is 0. The Labute approximate surface area is 102 Å². The van der Waals surface area contributed by atoms with Crippen molar-refractivity contribution in [2.24, 2.45) is 0 Å². The molecule has 1 fully saturated rings. The topological polar surface area (TPSA) is 35.0 Å². The summed E-state index contributed by atoms with van der Waals surface area (Å²) >= 11 is 5.46. The Morgan fingerprint density at radius 3 is 2.73 bits per heavy atom. The van der Waals surface area contributed by atoms with Crippen molar-refractivity contribution in [2.75, 3.05) is 18.6 Å². The van der Waals surface area contributed by atoms with Gasteiger partial charge in [0.05, 0.1) is 17.3 Å². The highest BCUT2D eigenvalue weighted by molar-refractivity contribution is 9.10. The van der Waals surface area contributed by atoms with E-state index in [1.807, 2.05) is 17.8 Å². The monoisotopic (exact) mass is 288 g/mol. The highest BCUT2D eigenvalue weighted by Crippen LogP contribution is 2.32. The molecule has 3 nitrogen and oxygen atoms in total. The number of halogens is 1. The van der Waals surface area contributed by atoms with Gasteiger partial charge in [0.2, 0.25) is 5.88 Å². The van der Waals surface area contributed by atoms with Gasteiger partial charge in [0.1, 0.15) is 0 Å². The molecule has 0 saturated carbocycles. The predicted octanol–water partition coefficient (Wildman–Crippen LogP) is 2.86. The van der Waals surface area contributed by atoms with E-state index in [2.05, 4.69) is 26.1 Å². The molecule has 1 aliphatic heterocycles. The number of ether oxygens (including phenoxy) is 1. The minimum Gasteiger partial charge on any atom is -0.479 e. The first-order valence-corrected chi connectivity index (χ1v) is 6.91. The third-order valence-electron chi connectivity index (χ3n) is 2.57. The van der Waals surface area contributed by atoms with E-state index >= 15 is 0 Å². The Hall–Kier alpha value is -0.290. The first kappa shape index (κ1) is 11.2. The van der Waals surface area contributed by atoms with Crippen LogP contribution in [0.2, 0.25) is 0 Å². The SMILES string of the molecule is COc1nnc(C2CCSCC2)cc1Br. The van der Waals surface area contributed by atoms with Crippen LogP contribution in [0.1, 0.15) is 24.5 Å². The fourth-order valence-electron chi connectivity index (χ4n) is 1.70. The molecule has 2 heterocycles. The Bertz CT molecular complexity index is 342. The number of methoxy groups -OCH3 is 1. The van der Waals surface area contributed by atoms with Crippen LogP contribution < -0.4 is 4.74 Å². The molecule has 0 spiro atoms. The second kappa shape index (κ2) is 5.16. The molecule has 2 rings (SSSR count). The van der Waals surface area contributed by atoms with Crippen LogP contribution in [0.5, 0.6) is 5.88 Å². The third-order valence-corrected chi connectivity index (χ3v) is 4.19. The molecule has 0 unspecified atom stereocenters. The highest BCUT2D eigenvalue weighted by atomic mass is 79.9. The maximum atomic E-state index is 5.06. The first-order chi connectivity index (χ1) is 7.31. The van der Waals surface area contributed by atoms with Crippen LogP contribution in [0.15, 0.2) is 10.5 Å². The van der Waals surface area contributed by atoms with Gasteiger partial charge >= 0.3 is 0 Å². The molecule has 0 N–H and O–H groups in total. The fourth-order valence-corrected chi connectivity index (χ4v) is 3.28. The van der Waals surface area contributed by atoms with E-state index in [9.17, 15) is 0 Å². The molecule has 15 heavy (non-hydrogen) atoms. The molecule has 0 aliphatic carbocycles. The van der Waals surface area contributed by atoms with E-state index in [0.29, 0.717) is 11.8 Å². The number of hydrogen-bond acceptors (Lipinski definition) is 4. The van der Waals surface area contributed by atoms with Crippen molar-refractivity contribution in [3.63, 3.8) is 0 Å². The zero-order chi connectivity index (χ0) is 10.7. The summed E-state index contributed by atoms with van der Waals surface area (Å²) in [7, 11) is 1.60. The van der Waals surface area contributed by atoms with E-state index in [0.717, 1.165) is 10.2 Å². The van der Waals surface area contributed by atoms with Gasteiger partial charge in [0.25, 0.3) is 0 Å². The number of thioether (sulfide) groups is 1. The van der Waals surface area contributed by atoms with E-state index in [1.54, 1.807) is 7.11 Å². The van der Waals surface area contributed by atoms with Gasteiger partial charge in [-0.25, -0.2) is 0 Å². The average molecular weight is 289 g/mol. The first-order valence-electron chi connectivity index (χ1n) is 4.96. The fraction of sp³-hybridized carbons (Fsp3) is 0.600. The number of rotatable bonds is 2. The van der Waals surface area contributed by atoms with Crippen LogP contribution in [0.4, 0.5) is 0 Å². The Morgan fingerprint density at radius 1 is 1.40 bits per heavy atom.